The Morgan fingerprint density at radius 1 is 1.29 bits per heavy atom. The van der Waals surface area contributed by atoms with Gasteiger partial charge in [0.15, 0.2) is 10.8 Å². The summed E-state index contributed by atoms with van der Waals surface area (Å²) in [5, 5.41) is 13.8. The third-order valence-electron chi connectivity index (χ3n) is 2.98. The molecule has 2 heterocycles. The van der Waals surface area contributed by atoms with E-state index in [1.54, 1.807) is 0 Å². The van der Waals surface area contributed by atoms with E-state index in [1.807, 2.05) is 47.5 Å². The highest BCUT2D eigenvalue weighted by Gasteiger charge is 2.12. The van der Waals surface area contributed by atoms with Crippen molar-refractivity contribution in [2.45, 2.75) is 26.2 Å². The van der Waals surface area contributed by atoms with Crippen molar-refractivity contribution in [2.24, 2.45) is 0 Å². The Bertz CT molecular complexity index is 737. The van der Waals surface area contributed by atoms with Crippen molar-refractivity contribution in [2.75, 3.05) is 5.75 Å². The molecule has 2 aromatic heterocycles. The zero-order valence-electron chi connectivity index (χ0n) is 11.9. The van der Waals surface area contributed by atoms with Gasteiger partial charge in [0.2, 0.25) is 4.96 Å². The first-order valence-corrected chi connectivity index (χ1v) is 8.71. The Kier molecular flexibility index (Phi) is 4.40. The standard InChI is InChI=1S/C14H16N4OS2/c1-3-20-9-12-15-16-14-18(12)17-13(21-14)8-19-11-7-5-4-6-10(11)2/h4-7H,3,8-9H2,1-2H3. The van der Waals surface area contributed by atoms with Crippen molar-refractivity contribution in [1.82, 2.24) is 19.8 Å². The molecule has 0 fully saturated rings. The van der Waals surface area contributed by atoms with E-state index in [0.717, 1.165) is 38.6 Å². The summed E-state index contributed by atoms with van der Waals surface area (Å²) in [6.07, 6.45) is 0. The number of para-hydroxylation sites is 1. The molecule has 0 aliphatic rings. The average Bonchev–Trinajstić information content (AvgIpc) is 3.05. The molecule has 0 bridgehead atoms. The van der Waals surface area contributed by atoms with Gasteiger partial charge in [-0.05, 0) is 24.3 Å². The van der Waals surface area contributed by atoms with Gasteiger partial charge in [-0.15, -0.1) is 10.2 Å². The number of benzene rings is 1. The molecule has 3 aromatic rings. The highest BCUT2D eigenvalue weighted by atomic mass is 32.2. The van der Waals surface area contributed by atoms with Crippen LogP contribution in [0.4, 0.5) is 0 Å². The molecule has 0 radical (unpaired) electrons. The molecular weight excluding hydrogens is 304 g/mol. The number of ether oxygens (including phenoxy) is 1. The van der Waals surface area contributed by atoms with Gasteiger partial charge >= 0.3 is 0 Å². The molecule has 7 heteroatoms. The second-order valence-electron chi connectivity index (χ2n) is 4.50. The van der Waals surface area contributed by atoms with E-state index < -0.39 is 0 Å². The molecule has 0 unspecified atom stereocenters. The normalized spacial score (nSPS) is 11.1. The van der Waals surface area contributed by atoms with Crippen molar-refractivity contribution >= 4 is 28.1 Å². The summed E-state index contributed by atoms with van der Waals surface area (Å²) >= 11 is 3.33. The number of aryl methyl sites for hydroxylation is 1. The van der Waals surface area contributed by atoms with Crippen LogP contribution in [0.3, 0.4) is 0 Å². The second kappa shape index (κ2) is 6.44. The Hall–Kier alpha value is -1.60. The molecule has 21 heavy (non-hydrogen) atoms. The fourth-order valence-electron chi connectivity index (χ4n) is 1.90. The summed E-state index contributed by atoms with van der Waals surface area (Å²) in [4.78, 5) is 0.824. The van der Waals surface area contributed by atoms with E-state index in [4.69, 9.17) is 4.74 Å². The number of fused-ring (bicyclic) bond motifs is 1. The van der Waals surface area contributed by atoms with Crippen LogP contribution < -0.4 is 4.74 Å². The van der Waals surface area contributed by atoms with Crippen LogP contribution in [0.5, 0.6) is 5.75 Å². The van der Waals surface area contributed by atoms with Crippen LogP contribution in [0.15, 0.2) is 24.3 Å². The summed E-state index contributed by atoms with van der Waals surface area (Å²) in [5.41, 5.74) is 1.13. The molecule has 0 spiro atoms. The Morgan fingerprint density at radius 3 is 2.95 bits per heavy atom. The first-order chi connectivity index (χ1) is 10.3. The predicted molar refractivity (Wildman–Crippen MR) is 86.0 cm³/mol. The molecule has 5 nitrogen and oxygen atoms in total. The van der Waals surface area contributed by atoms with Gasteiger partial charge in [0, 0.05) is 0 Å². The van der Waals surface area contributed by atoms with Gasteiger partial charge < -0.3 is 4.74 Å². The third kappa shape index (κ3) is 3.19. The topological polar surface area (TPSA) is 52.3 Å². The van der Waals surface area contributed by atoms with Gasteiger partial charge in [-0.2, -0.15) is 21.4 Å². The number of rotatable bonds is 6. The van der Waals surface area contributed by atoms with Crippen LogP contribution in [-0.2, 0) is 12.4 Å². The van der Waals surface area contributed by atoms with Crippen LogP contribution in [0, 0.1) is 6.92 Å². The number of nitrogens with zero attached hydrogens (tertiary/aromatic N) is 4. The molecule has 0 aliphatic heterocycles. The molecule has 3 rings (SSSR count). The molecule has 0 atom stereocenters. The lowest BCUT2D eigenvalue weighted by Crippen LogP contribution is -1.99. The van der Waals surface area contributed by atoms with Crippen LogP contribution in [0.1, 0.15) is 23.3 Å². The van der Waals surface area contributed by atoms with Crippen LogP contribution >= 0.6 is 23.1 Å². The zero-order valence-corrected chi connectivity index (χ0v) is 13.6. The second-order valence-corrected chi connectivity index (χ2v) is 6.81. The molecule has 0 saturated carbocycles. The average molecular weight is 320 g/mol. The quantitative estimate of drug-likeness (QED) is 0.697. The maximum atomic E-state index is 5.82. The summed E-state index contributed by atoms with van der Waals surface area (Å²) in [7, 11) is 0. The lowest BCUT2D eigenvalue weighted by molar-refractivity contribution is 0.302. The van der Waals surface area contributed by atoms with E-state index in [0.29, 0.717) is 6.61 Å². The minimum atomic E-state index is 0.458. The number of hydrogen-bond donors (Lipinski definition) is 0. The van der Waals surface area contributed by atoms with Gasteiger partial charge in [0.1, 0.15) is 12.4 Å². The number of thioether (sulfide) groups is 1. The van der Waals surface area contributed by atoms with Gasteiger partial charge in [-0.3, -0.25) is 0 Å². The Labute approximate surface area is 131 Å². The van der Waals surface area contributed by atoms with E-state index in [-0.39, 0.29) is 0 Å². The molecule has 1 aromatic carbocycles. The molecule has 0 aliphatic carbocycles. The van der Waals surface area contributed by atoms with Crippen molar-refractivity contribution in [3.05, 3.63) is 40.7 Å². The fourth-order valence-corrected chi connectivity index (χ4v) is 3.23. The summed E-state index contributed by atoms with van der Waals surface area (Å²) in [6, 6.07) is 7.98. The lowest BCUT2D eigenvalue weighted by atomic mass is 10.2. The molecule has 0 N–H and O–H groups in total. The summed E-state index contributed by atoms with van der Waals surface area (Å²) < 4.78 is 7.65. The van der Waals surface area contributed by atoms with Crippen LogP contribution in [0.25, 0.3) is 4.96 Å². The van der Waals surface area contributed by atoms with E-state index >= 15 is 0 Å². The molecule has 0 amide bonds. The maximum absolute atomic E-state index is 5.82. The summed E-state index contributed by atoms with van der Waals surface area (Å²) in [5.74, 6) is 3.68. The molecular formula is C14H16N4OS2. The Balaban J connectivity index is 1.73. The van der Waals surface area contributed by atoms with E-state index in [2.05, 4.69) is 22.2 Å². The van der Waals surface area contributed by atoms with Crippen LogP contribution in [0.2, 0.25) is 0 Å². The van der Waals surface area contributed by atoms with Crippen molar-refractivity contribution in [3.63, 3.8) is 0 Å². The largest absolute Gasteiger partial charge is 0.486 e. The first kappa shape index (κ1) is 14.3. The van der Waals surface area contributed by atoms with Crippen LogP contribution in [-0.4, -0.2) is 25.6 Å². The smallest absolute Gasteiger partial charge is 0.234 e. The van der Waals surface area contributed by atoms with Crippen molar-refractivity contribution in [1.29, 1.82) is 0 Å². The predicted octanol–water partition coefficient (Wildman–Crippen LogP) is 3.33. The molecule has 0 saturated heterocycles. The van der Waals surface area contributed by atoms with Crippen molar-refractivity contribution in [3.8, 4) is 5.75 Å². The van der Waals surface area contributed by atoms with E-state index in [9.17, 15) is 0 Å². The number of aromatic nitrogens is 4. The van der Waals surface area contributed by atoms with Crippen molar-refractivity contribution < 1.29 is 4.74 Å². The summed E-state index contributed by atoms with van der Waals surface area (Å²) in [6.45, 7) is 4.62. The SMILES string of the molecule is CCSCc1nnc2sc(COc3ccccc3C)nn12. The monoisotopic (exact) mass is 320 g/mol. The zero-order chi connectivity index (χ0) is 14.7. The van der Waals surface area contributed by atoms with Gasteiger partial charge in [0.05, 0.1) is 5.75 Å². The molecule has 110 valence electrons. The highest BCUT2D eigenvalue weighted by molar-refractivity contribution is 7.98. The van der Waals surface area contributed by atoms with Gasteiger partial charge in [-0.25, -0.2) is 0 Å². The third-order valence-corrected chi connectivity index (χ3v) is 4.72. The Morgan fingerprint density at radius 2 is 2.14 bits per heavy atom. The van der Waals surface area contributed by atoms with E-state index in [1.165, 1.54) is 11.3 Å². The van der Waals surface area contributed by atoms with Gasteiger partial charge in [0.25, 0.3) is 0 Å². The fraction of sp³-hybridized carbons (Fsp3) is 0.357. The highest BCUT2D eigenvalue weighted by Crippen LogP contribution is 2.21. The minimum Gasteiger partial charge on any atom is -0.486 e. The van der Waals surface area contributed by atoms with Gasteiger partial charge in [-0.1, -0.05) is 36.5 Å². The lowest BCUT2D eigenvalue weighted by Gasteiger charge is -2.06. The minimum absolute atomic E-state index is 0.458. The maximum Gasteiger partial charge on any atom is 0.234 e. The first-order valence-electron chi connectivity index (χ1n) is 6.74. The number of hydrogen-bond acceptors (Lipinski definition) is 6.